The Labute approximate surface area is 107 Å². The van der Waals surface area contributed by atoms with Crippen molar-refractivity contribution in [2.24, 2.45) is 5.73 Å². The second kappa shape index (κ2) is 6.52. The van der Waals surface area contributed by atoms with Gasteiger partial charge in [0.25, 0.3) is 0 Å². The van der Waals surface area contributed by atoms with Crippen LogP contribution in [0.25, 0.3) is 0 Å². The van der Waals surface area contributed by atoms with Gasteiger partial charge in [-0.25, -0.2) is 0 Å². The molecule has 0 aromatic carbocycles. The van der Waals surface area contributed by atoms with Gasteiger partial charge in [-0.3, -0.25) is 4.68 Å². The van der Waals surface area contributed by atoms with Gasteiger partial charge in [-0.2, -0.15) is 16.9 Å². The summed E-state index contributed by atoms with van der Waals surface area (Å²) in [5.74, 6) is 1.84. The quantitative estimate of drug-likeness (QED) is 0.856. The van der Waals surface area contributed by atoms with Gasteiger partial charge >= 0.3 is 0 Å². The van der Waals surface area contributed by atoms with Crippen molar-refractivity contribution in [3.8, 4) is 0 Å². The highest BCUT2D eigenvalue weighted by molar-refractivity contribution is 7.98. The fraction of sp³-hybridized carbons (Fsp3) is 0.727. The van der Waals surface area contributed by atoms with E-state index in [1.54, 1.807) is 0 Å². The van der Waals surface area contributed by atoms with Crippen LogP contribution in [0.15, 0.2) is 0 Å². The molecule has 0 aliphatic carbocycles. The molecule has 0 radical (unpaired) electrons. The minimum atomic E-state index is 0.229. The van der Waals surface area contributed by atoms with Gasteiger partial charge < -0.3 is 5.73 Å². The van der Waals surface area contributed by atoms with Crippen LogP contribution < -0.4 is 5.73 Å². The molecular formula is C11H20ClN3S. The third-order valence-electron chi connectivity index (χ3n) is 2.31. The van der Waals surface area contributed by atoms with Crippen molar-refractivity contribution in [2.45, 2.75) is 45.5 Å². The Hall–Kier alpha value is -0.190. The molecule has 0 aliphatic rings. The molecule has 16 heavy (non-hydrogen) atoms. The molecule has 0 saturated heterocycles. The van der Waals surface area contributed by atoms with E-state index in [-0.39, 0.29) is 6.04 Å². The lowest BCUT2D eigenvalue weighted by Crippen LogP contribution is -2.17. The number of rotatable bonds is 6. The Morgan fingerprint density at radius 1 is 1.50 bits per heavy atom. The van der Waals surface area contributed by atoms with Crippen LogP contribution in [0.2, 0.25) is 5.02 Å². The average Bonchev–Trinajstić information content (AvgIpc) is 2.55. The van der Waals surface area contributed by atoms with E-state index < -0.39 is 0 Å². The summed E-state index contributed by atoms with van der Waals surface area (Å²) in [7, 11) is 0. The highest BCUT2D eigenvalue weighted by Gasteiger charge is 2.13. The Morgan fingerprint density at radius 3 is 2.69 bits per heavy atom. The number of hydrogen-bond acceptors (Lipinski definition) is 3. The van der Waals surface area contributed by atoms with Gasteiger partial charge in [-0.1, -0.05) is 18.5 Å². The molecule has 0 aliphatic heterocycles. The Balaban J connectivity index is 2.73. The van der Waals surface area contributed by atoms with Crippen LogP contribution in [-0.2, 0) is 18.7 Å². The molecular weight excluding hydrogens is 242 g/mol. The van der Waals surface area contributed by atoms with Crippen molar-refractivity contribution in [1.82, 2.24) is 9.78 Å². The zero-order valence-electron chi connectivity index (χ0n) is 10.2. The molecule has 1 aromatic heterocycles. The third kappa shape index (κ3) is 3.40. The van der Waals surface area contributed by atoms with Crippen molar-refractivity contribution in [1.29, 1.82) is 0 Å². The van der Waals surface area contributed by atoms with E-state index in [0.717, 1.165) is 40.9 Å². The van der Waals surface area contributed by atoms with E-state index >= 15 is 0 Å². The van der Waals surface area contributed by atoms with Crippen LogP contribution in [0.3, 0.4) is 0 Å². The van der Waals surface area contributed by atoms with E-state index in [4.69, 9.17) is 17.3 Å². The number of halogens is 1. The van der Waals surface area contributed by atoms with E-state index in [0.29, 0.717) is 0 Å². The summed E-state index contributed by atoms with van der Waals surface area (Å²) in [4.78, 5) is 0. The molecule has 5 heteroatoms. The van der Waals surface area contributed by atoms with Crippen molar-refractivity contribution in [3.05, 3.63) is 16.4 Å². The summed E-state index contributed by atoms with van der Waals surface area (Å²) in [6.07, 6.45) is 0.886. The van der Waals surface area contributed by atoms with Crippen LogP contribution in [0.5, 0.6) is 0 Å². The van der Waals surface area contributed by atoms with Crippen molar-refractivity contribution in [3.63, 3.8) is 0 Å². The Morgan fingerprint density at radius 2 is 2.19 bits per heavy atom. The zero-order valence-corrected chi connectivity index (χ0v) is 11.7. The molecule has 1 aromatic rings. The average molecular weight is 262 g/mol. The molecule has 1 heterocycles. The first-order valence-corrected chi connectivity index (χ1v) is 7.20. The predicted octanol–water partition coefficient (Wildman–Crippen LogP) is 2.70. The summed E-state index contributed by atoms with van der Waals surface area (Å²) in [5, 5.41) is 5.32. The molecule has 1 rings (SSSR count). The first-order valence-electron chi connectivity index (χ1n) is 5.67. The second-order valence-corrected chi connectivity index (χ2v) is 5.28. The van der Waals surface area contributed by atoms with Crippen molar-refractivity contribution in [2.75, 3.05) is 5.75 Å². The fourth-order valence-electron chi connectivity index (χ4n) is 1.50. The monoisotopic (exact) mass is 261 g/mol. The van der Waals surface area contributed by atoms with Gasteiger partial charge in [-0.05, 0) is 20.3 Å². The van der Waals surface area contributed by atoms with Gasteiger partial charge in [0.15, 0.2) is 0 Å². The smallest absolute Gasteiger partial charge is 0.0858 e. The molecule has 1 unspecified atom stereocenters. The van der Waals surface area contributed by atoms with E-state index in [1.807, 2.05) is 23.4 Å². The fourth-order valence-corrected chi connectivity index (χ4v) is 2.89. The van der Waals surface area contributed by atoms with Crippen LogP contribution in [-0.4, -0.2) is 21.6 Å². The van der Waals surface area contributed by atoms with Gasteiger partial charge in [0.2, 0.25) is 0 Å². The second-order valence-electron chi connectivity index (χ2n) is 3.87. The van der Waals surface area contributed by atoms with E-state index in [9.17, 15) is 0 Å². The molecule has 0 saturated carbocycles. The number of thioether (sulfide) groups is 1. The number of hydrogen-bond donors (Lipinski definition) is 1. The lowest BCUT2D eigenvalue weighted by atomic mass is 10.3. The van der Waals surface area contributed by atoms with E-state index in [1.165, 1.54) is 0 Å². The van der Waals surface area contributed by atoms with Gasteiger partial charge in [-0.15, -0.1) is 0 Å². The van der Waals surface area contributed by atoms with E-state index in [2.05, 4.69) is 18.9 Å². The predicted molar refractivity (Wildman–Crippen MR) is 72.1 cm³/mol. The SMILES string of the molecule is CCc1nn(CC)c(CSCC(C)N)c1Cl. The molecule has 3 nitrogen and oxygen atoms in total. The highest BCUT2D eigenvalue weighted by atomic mass is 35.5. The molecule has 0 fully saturated rings. The zero-order chi connectivity index (χ0) is 12.1. The molecule has 92 valence electrons. The lowest BCUT2D eigenvalue weighted by Gasteiger charge is -2.07. The molecule has 0 spiro atoms. The van der Waals surface area contributed by atoms with Crippen LogP contribution in [0, 0.1) is 0 Å². The maximum Gasteiger partial charge on any atom is 0.0858 e. The van der Waals surface area contributed by atoms with Gasteiger partial charge in [0.05, 0.1) is 16.4 Å². The number of aromatic nitrogens is 2. The summed E-state index contributed by atoms with van der Waals surface area (Å²) < 4.78 is 2.00. The minimum absolute atomic E-state index is 0.229. The maximum atomic E-state index is 6.30. The first-order chi connectivity index (χ1) is 7.60. The summed E-state index contributed by atoms with van der Waals surface area (Å²) >= 11 is 8.11. The lowest BCUT2D eigenvalue weighted by molar-refractivity contribution is 0.628. The topological polar surface area (TPSA) is 43.8 Å². The molecule has 0 amide bonds. The summed E-state index contributed by atoms with van der Waals surface area (Å²) in [6, 6.07) is 0.229. The summed E-state index contributed by atoms with van der Waals surface area (Å²) in [6.45, 7) is 7.05. The van der Waals surface area contributed by atoms with Crippen LogP contribution in [0.4, 0.5) is 0 Å². The number of aryl methyl sites for hydroxylation is 2. The molecule has 2 N–H and O–H groups in total. The first kappa shape index (κ1) is 13.9. The highest BCUT2D eigenvalue weighted by Crippen LogP contribution is 2.25. The molecule has 0 bridgehead atoms. The Kier molecular flexibility index (Phi) is 5.66. The van der Waals surface area contributed by atoms with Crippen LogP contribution in [0.1, 0.15) is 32.2 Å². The third-order valence-corrected chi connectivity index (χ3v) is 3.99. The molecule has 1 atom stereocenters. The number of nitrogens with two attached hydrogens (primary N) is 1. The summed E-state index contributed by atoms with van der Waals surface area (Å²) in [5.41, 5.74) is 7.85. The maximum absolute atomic E-state index is 6.30. The largest absolute Gasteiger partial charge is 0.327 e. The van der Waals surface area contributed by atoms with Crippen molar-refractivity contribution >= 4 is 23.4 Å². The van der Waals surface area contributed by atoms with Crippen LogP contribution >= 0.6 is 23.4 Å². The van der Waals surface area contributed by atoms with Gasteiger partial charge in [0.1, 0.15) is 0 Å². The normalized spacial score (nSPS) is 13.1. The van der Waals surface area contributed by atoms with Crippen molar-refractivity contribution < 1.29 is 0 Å². The standard InChI is InChI=1S/C11H20ClN3S/c1-4-9-11(12)10(15(5-2)14-9)7-16-6-8(3)13/h8H,4-7,13H2,1-3H3. The Bertz CT molecular complexity index is 336. The van der Waals surface area contributed by atoms with Gasteiger partial charge in [0, 0.05) is 24.1 Å². The number of nitrogens with zero attached hydrogens (tertiary/aromatic N) is 2. The minimum Gasteiger partial charge on any atom is -0.327 e.